The number of ether oxygens (including phenoxy) is 1. The van der Waals surface area contributed by atoms with E-state index in [4.69, 9.17) is 4.74 Å². The summed E-state index contributed by atoms with van der Waals surface area (Å²) in [5, 5.41) is 0. The second kappa shape index (κ2) is 6.53. The van der Waals surface area contributed by atoms with Crippen molar-refractivity contribution in [3.63, 3.8) is 0 Å². The van der Waals surface area contributed by atoms with Crippen LogP contribution in [0.2, 0.25) is 0 Å². The normalized spacial score (nSPS) is 12.2. The lowest BCUT2D eigenvalue weighted by Gasteiger charge is -2.14. The van der Waals surface area contributed by atoms with Gasteiger partial charge in [0.1, 0.15) is 11.6 Å². The van der Waals surface area contributed by atoms with Gasteiger partial charge in [-0.3, -0.25) is 0 Å². The highest BCUT2D eigenvalue weighted by molar-refractivity contribution is 9.10. The van der Waals surface area contributed by atoms with E-state index in [-0.39, 0.29) is 10.6 Å². The molecule has 0 N–H and O–H groups in total. The third kappa shape index (κ3) is 3.80. The van der Waals surface area contributed by atoms with Crippen LogP contribution < -0.4 is 4.74 Å². The van der Waals surface area contributed by atoms with Gasteiger partial charge >= 0.3 is 0 Å². The number of methoxy groups -OCH3 is 1. The lowest BCUT2D eigenvalue weighted by Crippen LogP contribution is -1.99. The van der Waals surface area contributed by atoms with Crippen LogP contribution in [0.1, 0.15) is 16.0 Å². The summed E-state index contributed by atoms with van der Waals surface area (Å²) in [6.45, 7) is 0. The van der Waals surface area contributed by atoms with E-state index < -0.39 is 0 Å². The van der Waals surface area contributed by atoms with E-state index in [0.29, 0.717) is 5.75 Å². The van der Waals surface area contributed by atoms with Crippen molar-refractivity contribution in [1.29, 1.82) is 0 Å². The van der Waals surface area contributed by atoms with Crippen LogP contribution in [0.5, 0.6) is 5.75 Å². The maximum Gasteiger partial charge on any atom is 0.123 e. The van der Waals surface area contributed by atoms with Gasteiger partial charge in [0, 0.05) is 14.9 Å². The first-order valence-corrected chi connectivity index (χ1v) is 7.53. The SMILES string of the molecule is COc1ccc(F)cc1C(Br)Cc1ccc(Br)cc1. The van der Waals surface area contributed by atoms with Crippen LogP contribution in [-0.2, 0) is 6.42 Å². The van der Waals surface area contributed by atoms with Gasteiger partial charge in [-0.05, 0) is 42.3 Å². The third-order valence-corrected chi connectivity index (χ3v) is 4.20. The van der Waals surface area contributed by atoms with Crippen LogP contribution in [0.3, 0.4) is 0 Å². The Hall–Kier alpha value is -0.870. The molecule has 2 aromatic carbocycles. The maximum atomic E-state index is 13.4. The van der Waals surface area contributed by atoms with Crippen molar-refractivity contribution in [2.24, 2.45) is 0 Å². The first-order valence-electron chi connectivity index (χ1n) is 5.82. The molecule has 0 bridgehead atoms. The topological polar surface area (TPSA) is 9.23 Å². The molecule has 19 heavy (non-hydrogen) atoms. The molecule has 0 saturated heterocycles. The first kappa shape index (κ1) is 14.5. The van der Waals surface area contributed by atoms with Crippen LogP contribution >= 0.6 is 31.9 Å². The molecule has 0 aliphatic heterocycles. The van der Waals surface area contributed by atoms with Crippen molar-refractivity contribution in [3.05, 3.63) is 63.9 Å². The summed E-state index contributed by atoms with van der Waals surface area (Å²) in [6.07, 6.45) is 0.771. The average Bonchev–Trinajstić information content (AvgIpc) is 2.41. The fraction of sp³-hybridized carbons (Fsp3) is 0.200. The standard InChI is InChI=1S/C15H13Br2FO/c1-19-15-7-6-12(18)9-13(15)14(17)8-10-2-4-11(16)5-3-10/h2-7,9,14H,8H2,1H3. The van der Waals surface area contributed by atoms with E-state index in [9.17, 15) is 4.39 Å². The quantitative estimate of drug-likeness (QED) is 0.649. The monoisotopic (exact) mass is 386 g/mol. The highest BCUT2D eigenvalue weighted by Crippen LogP contribution is 2.34. The molecule has 0 radical (unpaired) electrons. The Morgan fingerprint density at radius 3 is 2.47 bits per heavy atom. The van der Waals surface area contributed by atoms with Gasteiger partial charge in [-0.1, -0.05) is 44.0 Å². The summed E-state index contributed by atoms with van der Waals surface area (Å²) < 4.78 is 19.7. The highest BCUT2D eigenvalue weighted by atomic mass is 79.9. The molecule has 0 amide bonds. The molecule has 0 saturated carbocycles. The fourth-order valence-electron chi connectivity index (χ4n) is 1.89. The molecule has 1 nitrogen and oxygen atoms in total. The molecule has 2 aromatic rings. The zero-order valence-electron chi connectivity index (χ0n) is 10.4. The number of hydrogen-bond donors (Lipinski definition) is 0. The molecule has 1 unspecified atom stereocenters. The van der Waals surface area contributed by atoms with E-state index >= 15 is 0 Å². The van der Waals surface area contributed by atoms with E-state index in [1.54, 1.807) is 13.2 Å². The predicted octanol–water partition coefficient (Wildman–Crippen LogP) is 5.28. The first-order chi connectivity index (χ1) is 9.10. The van der Waals surface area contributed by atoms with Crippen molar-refractivity contribution in [2.45, 2.75) is 11.2 Å². The second-order valence-corrected chi connectivity index (χ2v) is 6.21. The predicted molar refractivity (Wildman–Crippen MR) is 82.5 cm³/mol. The molecule has 0 aliphatic carbocycles. The summed E-state index contributed by atoms with van der Waals surface area (Å²) in [5.74, 6) is 0.441. The van der Waals surface area contributed by atoms with Crippen LogP contribution in [-0.4, -0.2) is 7.11 Å². The van der Waals surface area contributed by atoms with Crippen molar-refractivity contribution in [2.75, 3.05) is 7.11 Å². The van der Waals surface area contributed by atoms with Crippen LogP contribution in [0, 0.1) is 5.82 Å². The van der Waals surface area contributed by atoms with Gasteiger partial charge in [-0.2, -0.15) is 0 Å². The maximum absolute atomic E-state index is 13.4. The number of alkyl halides is 1. The molecule has 0 spiro atoms. The molecule has 0 heterocycles. The molecular weight excluding hydrogens is 375 g/mol. The van der Waals surface area contributed by atoms with Crippen molar-refractivity contribution < 1.29 is 9.13 Å². The fourth-order valence-corrected chi connectivity index (χ4v) is 2.88. The lowest BCUT2D eigenvalue weighted by molar-refractivity contribution is 0.408. The van der Waals surface area contributed by atoms with Gasteiger partial charge in [0.05, 0.1) is 7.11 Å². The van der Waals surface area contributed by atoms with E-state index in [0.717, 1.165) is 16.5 Å². The lowest BCUT2D eigenvalue weighted by atomic mass is 10.0. The van der Waals surface area contributed by atoms with Crippen LogP contribution in [0.15, 0.2) is 46.9 Å². The summed E-state index contributed by atoms with van der Waals surface area (Å²) in [7, 11) is 1.59. The van der Waals surface area contributed by atoms with Gasteiger partial charge in [-0.15, -0.1) is 0 Å². The number of halogens is 3. The third-order valence-electron chi connectivity index (χ3n) is 2.86. The van der Waals surface area contributed by atoms with E-state index in [1.807, 2.05) is 24.3 Å². The number of hydrogen-bond acceptors (Lipinski definition) is 1. The molecular formula is C15H13Br2FO. The second-order valence-electron chi connectivity index (χ2n) is 4.18. The molecule has 100 valence electrons. The minimum absolute atomic E-state index is 0.0133. The van der Waals surface area contributed by atoms with Gasteiger partial charge in [0.25, 0.3) is 0 Å². The van der Waals surface area contributed by atoms with Crippen molar-refractivity contribution >= 4 is 31.9 Å². The van der Waals surface area contributed by atoms with Gasteiger partial charge in [0.2, 0.25) is 0 Å². The minimum Gasteiger partial charge on any atom is -0.496 e. The number of benzene rings is 2. The van der Waals surface area contributed by atoms with E-state index in [2.05, 4.69) is 31.9 Å². The Bertz CT molecular complexity index is 555. The smallest absolute Gasteiger partial charge is 0.123 e. The highest BCUT2D eigenvalue weighted by Gasteiger charge is 2.14. The van der Waals surface area contributed by atoms with Gasteiger partial charge in [0.15, 0.2) is 0 Å². The van der Waals surface area contributed by atoms with Crippen molar-refractivity contribution in [3.8, 4) is 5.75 Å². The Labute approximate surface area is 129 Å². The van der Waals surface area contributed by atoms with Crippen LogP contribution in [0.4, 0.5) is 4.39 Å². The number of rotatable bonds is 4. The Morgan fingerprint density at radius 2 is 1.84 bits per heavy atom. The molecule has 4 heteroatoms. The molecule has 1 atom stereocenters. The molecule has 2 rings (SSSR count). The van der Waals surface area contributed by atoms with Crippen LogP contribution in [0.25, 0.3) is 0 Å². The molecule has 0 aliphatic rings. The Kier molecular flexibility index (Phi) is 4.99. The molecule has 0 aromatic heterocycles. The summed E-state index contributed by atoms with van der Waals surface area (Å²) in [5.41, 5.74) is 2.00. The van der Waals surface area contributed by atoms with Gasteiger partial charge < -0.3 is 4.74 Å². The molecule has 0 fully saturated rings. The zero-order valence-corrected chi connectivity index (χ0v) is 13.5. The minimum atomic E-state index is -0.254. The summed E-state index contributed by atoms with van der Waals surface area (Å²) in [4.78, 5) is 0.0133. The Balaban J connectivity index is 2.21. The van der Waals surface area contributed by atoms with Gasteiger partial charge in [-0.25, -0.2) is 4.39 Å². The average molecular weight is 388 g/mol. The van der Waals surface area contributed by atoms with E-state index in [1.165, 1.54) is 17.7 Å². The summed E-state index contributed by atoms with van der Waals surface area (Å²) in [6, 6.07) is 12.7. The Morgan fingerprint density at radius 1 is 1.16 bits per heavy atom. The zero-order chi connectivity index (χ0) is 13.8. The van der Waals surface area contributed by atoms with Crippen molar-refractivity contribution in [1.82, 2.24) is 0 Å². The largest absolute Gasteiger partial charge is 0.496 e. The summed E-state index contributed by atoms with van der Waals surface area (Å²) >= 11 is 7.02.